The maximum absolute atomic E-state index is 12.3. The average Bonchev–Trinajstić information content (AvgIpc) is 2.60. The molecule has 0 saturated heterocycles. The molecule has 0 bridgehead atoms. The maximum Gasteiger partial charge on any atom is 0.229 e. The van der Waals surface area contributed by atoms with Crippen molar-refractivity contribution in [3.63, 3.8) is 0 Å². The SMILES string of the molecule is COc1ccc(CCN=C([O-])c2ccccc2NS(C)(=O)=O)cc1OC. The highest BCUT2D eigenvalue weighted by molar-refractivity contribution is 7.92. The van der Waals surface area contributed by atoms with Crippen molar-refractivity contribution in [2.24, 2.45) is 4.99 Å². The summed E-state index contributed by atoms with van der Waals surface area (Å²) >= 11 is 0. The van der Waals surface area contributed by atoms with Gasteiger partial charge in [-0.05, 0) is 36.1 Å². The van der Waals surface area contributed by atoms with E-state index < -0.39 is 15.9 Å². The molecule has 0 fully saturated rings. The van der Waals surface area contributed by atoms with Crippen LogP contribution in [0.3, 0.4) is 0 Å². The Labute approximate surface area is 153 Å². The number of aliphatic imine (C=N–C) groups is 1. The van der Waals surface area contributed by atoms with Crippen LogP contribution in [0.4, 0.5) is 5.69 Å². The van der Waals surface area contributed by atoms with Crippen LogP contribution in [-0.2, 0) is 16.4 Å². The van der Waals surface area contributed by atoms with Crippen LogP contribution in [0.25, 0.3) is 0 Å². The zero-order chi connectivity index (χ0) is 19.2. The number of nitrogens with one attached hydrogen (secondary N) is 1. The Balaban J connectivity index is 2.12. The van der Waals surface area contributed by atoms with Crippen LogP contribution >= 0.6 is 0 Å². The molecule has 0 amide bonds. The first kappa shape index (κ1) is 19.6. The number of benzene rings is 2. The molecule has 0 aliphatic rings. The summed E-state index contributed by atoms with van der Waals surface area (Å²) in [5.41, 5.74) is 1.38. The number of hydrogen-bond acceptors (Lipinski definition) is 6. The standard InChI is InChI=1S/C18H22N2O5S/c1-24-16-9-8-13(12-17(16)25-2)10-11-19-18(21)14-6-4-5-7-15(14)20-26(3,22)23/h4-9,12,20H,10-11H2,1-3H3,(H,19,21)/p-1. The number of nitrogens with zero attached hydrogens (tertiary/aromatic N) is 1. The van der Waals surface area contributed by atoms with Crippen LogP contribution < -0.4 is 19.3 Å². The second-order valence-corrected chi connectivity index (χ2v) is 7.29. The predicted octanol–water partition coefficient (Wildman–Crippen LogP) is 1.42. The molecule has 1 N–H and O–H groups in total. The van der Waals surface area contributed by atoms with Gasteiger partial charge < -0.3 is 19.6 Å². The van der Waals surface area contributed by atoms with Crippen LogP contribution in [-0.4, -0.2) is 41.3 Å². The zero-order valence-electron chi connectivity index (χ0n) is 14.9. The molecule has 7 nitrogen and oxygen atoms in total. The molecule has 140 valence electrons. The van der Waals surface area contributed by atoms with E-state index in [9.17, 15) is 13.5 Å². The zero-order valence-corrected chi connectivity index (χ0v) is 15.7. The smallest absolute Gasteiger partial charge is 0.229 e. The Morgan fingerprint density at radius 1 is 1.12 bits per heavy atom. The summed E-state index contributed by atoms with van der Waals surface area (Å²) < 4.78 is 35.6. The van der Waals surface area contributed by atoms with Gasteiger partial charge in [-0.15, -0.1) is 0 Å². The van der Waals surface area contributed by atoms with Crippen molar-refractivity contribution in [3.05, 3.63) is 53.6 Å². The molecule has 0 aliphatic carbocycles. The number of anilines is 1. The van der Waals surface area contributed by atoms with Gasteiger partial charge in [0.15, 0.2) is 11.5 Å². The van der Waals surface area contributed by atoms with Crippen molar-refractivity contribution in [3.8, 4) is 11.5 Å². The van der Waals surface area contributed by atoms with Crippen molar-refractivity contribution < 1.29 is 23.0 Å². The topological polar surface area (TPSA) is 100 Å². The van der Waals surface area contributed by atoms with Gasteiger partial charge in [0, 0.05) is 12.1 Å². The third kappa shape index (κ3) is 5.38. The van der Waals surface area contributed by atoms with Crippen molar-refractivity contribution >= 4 is 21.6 Å². The molecule has 0 aliphatic heterocycles. The normalized spacial score (nSPS) is 11.9. The molecule has 0 radical (unpaired) electrons. The third-order valence-corrected chi connectivity index (χ3v) is 4.15. The summed E-state index contributed by atoms with van der Waals surface area (Å²) in [4.78, 5) is 4.03. The number of para-hydroxylation sites is 1. The third-order valence-electron chi connectivity index (χ3n) is 3.56. The van der Waals surface area contributed by atoms with E-state index in [1.165, 1.54) is 12.1 Å². The summed E-state index contributed by atoms with van der Waals surface area (Å²) in [5, 5.41) is 12.3. The van der Waals surface area contributed by atoms with E-state index >= 15 is 0 Å². The first-order valence-electron chi connectivity index (χ1n) is 7.83. The Bertz CT molecular complexity index is 894. The largest absolute Gasteiger partial charge is 0.858 e. The minimum atomic E-state index is -3.48. The minimum Gasteiger partial charge on any atom is -0.858 e. The number of ether oxygens (including phenoxy) is 2. The van der Waals surface area contributed by atoms with Crippen molar-refractivity contribution in [2.45, 2.75) is 6.42 Å². The second kappa shape index (κ2) is 8.57. The lowest BCUT2D eigenvalue weighted by Gasteiger charge is -2.16. The lowest BCUT2D eigenvalue weighted by Crippen LogP contribution is -2.22. The highest BCUT2D eigenvalue weighted by Gasteiger charge is 2.07. The number of hydrogen-bond donors (Lipinski definition) is 1. The van der Waals surface area contributed by atoms with Crippen LogP contribution in [0.15, 0.2) is 47.5 Å². The van der Waals surface area contributed by atoms with Gasteiger partial charge in [0.05, 0.1) is 26.2 Å². The monoisotopic (exact) mass is 377 g/mol. The van der Waals surface area contributed by atoms with Gasteiger partial charge in [-0.1, -0.05) is 24.3 Å². The van der Waals surface area contributed by atoms with E-state index in [1.54, 1.807) is 32.4 Å². The number of sulfonamides is 1. The maximum atomic E-state index is 12.3. The average molecular weight is 377 g/mol. The molecule has 0 saturated carbocycles. The van der Waals surface area contributed by atoms with Crippen molar-refractivity contribution in [2.75, 3.05) is 31.7 Å². The fourth-order valence-corrected chi connectivity index (χ4v) is 2.94. The molecule has 0 unspecified atom stereocenters. The quantitative estimate of drug-likeness (QED) is 0.554. The summed E-state index contributed by atoms with van der Waals surface area (Å²) in [7, 11) is -0.361. The first-order chi connectivity index (χ1) is 12.3. The van der Waals surface area contributed by atoms with Crippen molar-refractivity contribution in [1.82, 2.24) is 0 Å². The van der Waals surface area contributed by atoms with E-state index in [0.717, 1.165) is 11.8 Å². The molecular formula is C18H21N2O5S-. The minimum absolute atomic E-state index is 0.213. The highest BCUT2D eigenvalue weighted by atomic mass is 32.2. The molecular weight excluding hydrogens is 356 g/mol. The molecule has 2 rings (SSSR count). The summed E-state index contributed by atoms with van der Waals surface area (Å²) in [6, 6.07) is 11.9. The summed E-state index contributed by atoms with van der Waals surface area (Å²) in [6.45, 7) is 0.265. The predicted molar refractivity (Wildman–Crippen MR) is 99.6 cm³/mol. The van der Waals surface area contributed by atoms with E-state index in [-0.39, 0.29) is 17.8 Å². The first-order valence-corrected chi connectivity index (χ1v) is 9.72. The van der Waals surface area contributed by atoms with Gasteiger partial charge in [-0.25, -0.2) is 8.42 Å². The number of methoxy groups -OCH3 is 2. The van der Waals surface area contributed by atoms with Crippen LogP contribution in [0, 0.1) is 0 Å². The van der Waals surface area contributed by atoms with Crippen LogP contribution in [0.1, 0.15) is 11.1 Å². The van der Waals surface area contributed by atoms with Crippen LogP contribution in [0.2, 0.25) is 0 Å². The molecule has 0 atom stereocenters. The number of rotatable bonds is 8. The molecule has 26 heavy (non-hydrogen) atoms. The Morgan fingerprint density at radius 3 is 2.46 bits per heavy atom. The lowest BCUT2D eigenvalue weighted by atomic mass is 10.1. The molecule has 2 aromatic carbocycles. The highest BCUT2D eigenvalue weighted by Crippen LogP contribution is 2.27. The van der Waals surface area contributed by atoms with E-state index in [0.29, 0.717) is 17.9 Å². The molecule has 0 aromatic heterocycles. The van der Waals surface area contributed by atoms with Crippen molar-refractivity contribution in [1.29, 1.82) is 0 Å². The second-order valence-electron chi connectivity index (χ2n) is 5.55. The fourth-order valence-electron chi connectivity index (χ4n) is 2.37. The fraction of sp³-hybridized carbons (Fsp3) is 0.278. The Hall–Kier alpha value is -2.74. The summed E-state index contributed by atoms with van der Waals surface area (Å²) in [5.74, 6) is 0.765. The Morgan fingerprint density at radius 2 is 1.81 bits per heavy atom. The molecule has 8 heteroatoms. The Kier molecular flexibility index (Phi) is 6.46. The summed E-state index contributed by atoms with van der Waals surface area (Å²) in [6.07, 6.45) is 1.57. The van der Waals surface area contributed by atoms with Gasteiger partial charge in [-0.2, -0.15) is 0 Å². The van der Waals surface area contributed by atoms with E-state index in [1.807, 2.05) is 12.1 Å². The van der Waals surface area contributed by atoms with Gasteiger partial charge in [0.2, 0.25) is 10.0 Å². The van der Waals surface area contributed by atoms with E-state index in [2.05, 4.69) is 9.71 Å². The van der Waals surface area contributed by atoms with Gasteiger partial charge in [-0.3, -0.25) is 4.72 Å². The van der Waals surface area contributed by atoms with Crippen LogP contribution in [0.5, 0.6) is 11.5 Å². The molecule has 0 spiro atoms. The van der Waals surface area contributed by atoms with E-state index in [4.69, 9.17) is 9.47 Å². The van der Waals surface area contributed by atoms with Gasteiger partial charge >= 0.3 is 0 Å². The molecule has 2 aromatic rings. The lowest BCUT2D eigenvalue weighted by molar-refractivity contribution is -0.213. The van der Waals surface area contributed by atoms with Gasteiger partial charge in [0.1, 0.15) is 0 Å². The van der Waals surface area contributed by atoms with Gasteiger partial charge in [0.25, 0.3) is 0 Å². The molecule has 0 heterocycles.